The van der Waals surface area contributed by atoms with Crippen LogP contribution in [0.5, 0.6) is 11.6 Å². The summed E-state index contributed by atoms with van der Waals surface area (Å²) in [4.78, 5) is 8.15. The standard InChI is InChI=1S/C15H19N3O/c1-10(2)13-6-5-12(7-11(13)3)19-15-8-14(16-4)17-9-18-15/h5-10H,1-4H3,(H,16,17,18). The molecule has 0 saturated heterocycles. The Hall–Kier alpha value is -2.10. The summed E-state index contributed by atoms with van der Waals surface area (Å²) in [6.45, 7) is 6.47. The average molecular weight is 257 g/mol. The summed E-state index contributed by atoms with van der Waals surface area (Å²) in [6.07, 6.45) is 1.48. The molecule has 0 amide bonds. The molecule has 0 aliphatic rings. The smallest absolute Gasteiger partial charge is 0.224 e. The van der Waals surface area contributed by atoms with E-state index < -0.39 is 0 Å². The molecule has 2 aromatic rings. The van der Waals surface area contributed by atoms with E-state index in [4.69, 9.17) is 4.74 Å². The van der Waals surface area contributed by atoms with Crippen molar-refractivity contribution in [1.29, 1.82) is 0 Å². The lowest BCUT2D eigenvalue weighted by Gasteiger charge is -2.12. The van der Waals surface area contributed by atoms with E-state index in [2.05, 4.69) is 42.1 Å². The topological polar surface area (TPSA) is 47.0 Å². The Kier molecular flexibility index (Phi) is 4.00. The van der Waals surface area contributed by atoms with Crippen molar-refractivity contribution >= 4 is 5.82 Å². The molecule has 100 valence electrons. The first-order valence-electron chi connectivity index (χ1n) is 6.38. The van der Waals surface area contributed by atoms with E-state index >= 15 is 0 Å². The van der Waals surface area contributed by atoms with Crippen molar-refractivity contribution in [1.82, 2.24) is 9.97 Å². The second-order valence-electron chi connectivity index (χ2n) is 4.77. The molecule has 0 fully saturated rings. The van der Waals surface area contributed by atoms with E-state index in [0.29, 0.717) is 11.8 Å². The van der Waals surface area contributed by atoms with Gasteiger partial charge in [0.15, 0.2) is 0 Å². The van der Waals surface area contributed by atoms with Crippen LogP contribution < -0.4 is 10.1 Å². The van der Waals surface area contributed by atoms with E-state index in [1.807, 2.05) is 19.2 Å². The van der Waals surface area contributed by atoms with Crippen LogP contribution in [0.2, 0.25) is 0 Å². The molecule has 1 N–H and O–H groups in total. The number of hydrogen-bond acceptors (Lipinski definition) is 4. The van der Waals surface area contributed by atoms with Crippen molar-refractivity contribution in [3.63, 3.8) is 0 Å². The van der Waals surface area contributed by atoms with Gasteiger partial charge in [-0.1, -0.05) is 19.9 Å². The van der Waals surface area contributed by atoms with Gasteiger partial charge in [0.05, 0.1) is 0 Å². The summed E-state index contributed by atoms with van der Waals surface area (Å²) >= 11 is 0. The van der Waals surface area contributed by atoms with E-state index in [1.54, 1.807) is 6.07 Å². The number of rotatable bonds is 4. The first kappa shape index (κ1) is 13.3. The van der Waals surface area contributed by atoms with Gasteiger partial charge < -0.3 is 10.1 Å². The van der Waals surface area contributed by atoms with Crippen molar-refractivity contribution < 1.29 is 4.74 Å². The molecule has 0 spiro atoms. The van der Waals surface area contributed by atoms with Crippen LogP contribution in [0.3, 0.4) is 0 Å². The third-order valence-electron chi connectivity index (χ3n) is 2.98. The second kappa shape index (κ2) is 5.69. The minimum atomic E-state index is 0.518. The number of benzene rings is 1. The lowest BCUT2D eigenvalue weighted by atomic mass is 9.98. The predicted molar refractivity (Wildman–Crippen MR) is 76.9 cm³/mol. The summed E-state index contributed by atoms with van der Waals surface area (Å²) in [5, 5.41) is 2.96. The van der Waals surface area contributed by atoms with Crippen LogP contribution in [0, 0.1) is 6.92 Å². The van der Waals surface area contributed by atoms with E-state index in [1.165, 1.54) is 17.5 Å². The molecule has 0 saturated carbocycles. The third kappa shape index (κ3) is 3.22. The van der Waals surface area contributed by atoms with Crippen LogP contribution in [-0.2, 0) is 0 Å². The molecule has 0 aliphatic carbocycles. The fraction of sp³-hybridized carbons (Fsp3) is 0.333. The summed E-state index contributed by atoms with van der Waals surface area (Å²) in [6, 6.07) is 7.89. The highest BCUT2D eigenvalue weighted by Gasteiger charge is 2.06. The average Bonchev–Trinajstić information content (AvgIpc) is 2.38. The Morgan fingerprint density at radius 1 is 1.16 bits per heavy atom. The van der Waals surface area contributed by atoms with Gasteiger partial charge in [0.2, 0.25) is 5.88 Å². The van der Waals surface area contributed by atoms with Gasteiger partial charge in [-0.15, -0.1) is 0 Å². The molecule has 4 nitrogen and oxygen atoms in total. The monoisotopic (exact) mass is 257 g/mol. The molecule has 1 heterocycles. The zero-order valence-corrected chi connectivity index (χ0v) is 11.8. The fourth-order valence-electron chi connectivity index (χ4n) is 2.01. The second-order valence-corrected chi connectivity index (χ2v) is 4.77. The molecular formula is C15H19N3O. The molecular weight excluding hydrogens is 238 g/mol. The lowest BCUT2D eigenvalue weighted by molar-refractivity contribution is 0.461. The zero-order chi connectivity index (χ0) is 13.8. The number of anilines is 1. The van der Waals surface area contributed by atoms with Gasteiger partial charge >= 0.3 is 0 Å². The van der Waals surface area contributed by atoms with Gasteiger partial charge in [-0.2, -0.15) is 0 Å². The molecule has 19 heavy (non-hydrogen) atoms. The third-order valence-corrected chi connectivity index (χ3v) is 2.98. The quantitative estimate of drug-likeness (QED) is 0.906. The van der Waals surface area contributed by atoms with E-state index in [-0.39, 0.29) is 0 Å². The molecule has 0 radical (unpaired) electrons. The largest absolute Gasteiger partial charge is 0.439 e. The SMILES string of the molecule is CNc1cc(Oc2ccc(C(C)C)c(C)c2)ncn1. The highest BCUT2D eigenvalue weighted by molar-refractivity contribution is 5.40. The first-order valence-corrected chi connectivity index (χ1v) is 6.38. The van der Waals surface area contributed by atoms with Crippen LogP contribution in [0.15, 0.2) is 30.6 Å². The van der Waals surface area contributed by atoms with Crippen molar-refractivity contribution in [3.05, 3.63) is 41.7 Å². The molecule has 0 bridgehead atoms. The Morgan fingerprint density at radius 3 is 2.58 bits per heavy atom. The van der Waals surface area contributed by atoms with Crippen molar-refractivity contribution in [2.45, 2.75) is 26.7 Å². The van der Waals surface area contributed by atoms with Crippen LogP contribution in [0.25, 0.3) is 0 Å². The van der Waals surface area contributed by atoms with Gasteiger partial charge in [-0.3, -0.25) is 0 Å². The number of ether oxygens (including phenoxy) is 1. The summed E-state index contributed by atoms with van der Waals surface area (Å²) in [7, 11) is 1.81. The summed E-state index contributed by atoms with van der Waals surface area (Å²) in [5.74, 6) is 2.59. The molecule has 1 aromatic carbocycles. The van der Waals surface area contributed by atoms with Crippen LogP contribution in [0.4, 0.5) is 5.82 Å². The number of nitrogens with zero attached hydrogens (tertiary/aromatic N) is 2. The van der Waals surface area contributed by atoms with Crippen LogP contribution >= 0.6 is 0 Å². The Bertz CT molecular complexity index is 567. The van der Waals surface area contributed by atoms with E-state index in [9.17, 15) is 0 Å². The highest BCUT2D eigenvalue weighted by atomic mass is 16.5. The molecule has 0 aliphatic heterocycles. The van der Waals surface area contributed by atoms with Gasteiger partial charge in [-0.05, 0) is 36.1 Å². The first-order chi connectivity index (χ1) is 9.10. The molecule has 0 unspecified atom stereocenters. The maximum atomic E-state index is 5.75. The predicted octanol–water partition coefficient (Wildman–Crippen LogP) is 3.74. The molecule has 0 atom stereocenters. The van der Waals surface area contributed by atoms with Crippen molar-refractivity contribution in [3.8, 4) is 11.6 Å². The van der Waals surface area contributed by atoms with Crippen LogP contribution in [-0.4, -0.2) is 17.0 Å². The number of aryl methyl sites for hydroxylation is 1. The highest BCUT2D eigenvalue weighted by Crippen LogP contribution is 2.26. The normalized spacial score (nSPS) is 10.6. The number of hydrogen-bond donors (Lipinski definition) is 1. The Morgan fingerprint density at radius 2 is 1.95 bits per heavy atom. The minimum Gasteiger partial charge on any atom is -0.439 e. The zero-order valence-electron chi connectivity index (χ0n) is 11.8. The Balaban J connectivity index is 2.21. The van der Waals surface area contributed by atoms with Gasteiger partial charge in [0, 0.05) is 13.1 Å². The van der Waals surface area contributed by atoms with Crippen molar-refractivity contribution in [2.24, 2.45) is 0 Å². The minimum absolute atomic E-state index is 0.518. The van der Waals surface area contributed by atoms with Gasteiger partial charge in [-0.25, -0.2) is 9.97 Å². The molecule has 4 heteroatoms. The molecule has 1 aromatic heterocycles. The Labute approximate surface area is 113 Å². The summed E-state index contributed by atoms with van der Waals surface area (Å²) in [5.41, 5.74) is 2.57. The van der Waals surface area contributed by atoms with Crippen LogP contribution in [0.1, 0.15) is 30.9 Å². The number of nitrogens with one attached hydrogen (secondary N) is 1. The summed E-state index contributed by atoms with van der Waals surface area (Å²) < 4.78 is 5.75. The molecule has 2 rings (SSSR count). The lowest BCUT2D eigenvalue weighted by Crippen LogP contribution is -1.96. The van der Waals surface area contributed by atoms with E-state index in [0.717, 1.165) is 11.6 Å². The maximum Gasteiger partial charge on any atom is 0.224 e. The maximum absolute atomic E-state index is 5.75. The number of aromatic nitrogens is 2. The van der Waals surface area contributed by atoms with Gasteiger partial charge in [0.1, 0.15) is 17.9 Å². The van der Waals surface area contributed by atoms with Gasteiger partial charge in [0.25, 0.3) is 0 Å². The van der Waals surface area contributed by atoms with Crippen molar-refractivity contribution in [2.75, 3.05) is 12.4 Å². The fourth-order valence-corrected chi connectivity index (χ4v) is 2.01.